The Bertz CT molecular complexity index is 1370. The van der Waals surface area contributed by atoms with E-state index in [1.165, 1.54) is 29.8 Å². The second-order valence-electron chi connectivity index (χ2n) is 10.3. The number of rotatable bonds is 11. The van der Waals surface area contributed by atoms with Crippen molar-refractivity contribution in [2.45, 2.75) is 38.5 Å². The van der Waals surface area contributed by atoms with Crippen LogP contribution >= 0.6 is 11.6 Å². The van der Waals surface area contributed by atoms with Gasteiger partial charge in [0, 0.05) is 41.4 Å². The van der Waals surface area contributed by atoms with Gasteiger partial charge in [0.1, 0.15) is 6.54 Å². The number of pyridine rings is 1. The van der Waals surface area contributed by atoms with Gasteiger partial charge in [0.05, 0.1) is 16.6 Å². The average molecular weight is 548 g/mol. The fourth-order valence-corrected chi connectivity index (χ4v) is 5.57. The first-order valence-corrected chi connectivity index (χ1v) is 14.1. The van der Waals surface area contributed by atoms with Crippen LogP contribution in [0.5, 0.6) is 0 Å². The van der Waals surface area contributed by atoms with E-state index in [0.717, 1.165) is 61.1 Å². The molecule has 2 heterocycles. The maximum atomic E-state index is 12.4. The minimum atomic E-state index is -0.412. The number of likely N-dealkylation sites (N-methyl/N-ethyl adjacent to an activating group) is 1. The van der Waals surface area contributed by atoms with Crippen LogP contribution in [0.3, 0.4) is 0 Å². The number of unbranched alkanes of at least 4 members (excludes halogenated alkanes) is 1. The molecule has 3 aromatic rings. The Balaban J connectivity index is 1.03. The lowest BCUT2D eigenvalue weighted by Gasteiger charge is -2.23. The number of aryl methyl sites for hydroxylation is 1. The standard InChI is InChI=1S/C30H34ClN5O3/c1-35(16-7-6-14-32-27(37)19-36-29(38)21-8-2-3-9-22(21)30(36)39)17-15-33-28-23-10-4-5-11-25(23)34-26-18-20(31)12-13-24(26)28/h2-3,8-9,12-13,18H,4-7,10-11,14-17,19H2,1H3,(H,32,37)(H,33,34). The van der Waals surface area contributed by atoms with Gasteiger partial charge in [-0.25, -0.2) is 0 Å². The van der Waals surface area contributed by atoms with Crippen LogP contribution in [0.1, 0.15) is 57.7 Å². The Hall–Kier alpha value is -3.49. The van der Waals surface area contributed by atoms with Crippen molar-refractivity contribution in [3.05, 3.63) is 69.9 Å². The molecule has 0 radical (unpaired) electrons. The van der Waals surface area contributed by atoms with Crippen molar-refractivity contribution in [3.63, 3.8) is 0 Å². The summed E-state index contributed by atoms with van der Waals surface area (Å²) in [5.41, 5.74) is 5.39. The number of hydrogen-bond acceptors (Lipinski definition) is 6. The summed E-state index contributed by atoms with van der Waals surface area (Å²) >= 11 is 6.24. The second-order valence-corrected chi connectivity index (χ2v) is 10.7. The highest BCUT2D eigenvalue weighted by Crippen LogP contribution is 2.34. The summed E-state index contributed by atoms with van der Waals surface area (Å²) in [5, 5.41) is 8.35. The summed E-state index contributed by atoms with van der Waals surface area (Å²) in [6.07, 6.45) is 6.18. The topological polar surface area (TPSA) is 94.6 Å². The van der Waals surface area contributed by atoms with Crippen molar-refractivity contribution in [1.29, 1.82) is 0 Å². The van der Waals surface area contributed by atoms with Gasteiger partial charge in [0.15, 0.2) is 0 Å². The van der Waals surface area contributed by atoms with E-state index in [2.05, 4.69) is 28.6 Å². The van der Waals surface area contributed by atoms with Crippen LogP contribution in [0, 0.1) is 0 Å². The zero-order valence-electron chi connectivity index (χ0n) is 22.3. The summed E-state index contributed by atoms with van der Waals surface area (Å²) in [5.74, 6) is -1.15. The SMILES string of the molecule is CN(CCCCNC(=O)CN1C(=O)c2ccccc2C1=O)CCNc1c2c(nc3cc(Cl)ccc13)CCCC2. The van der Waals surface area contributed by atoms with Gasteiger partial charge < -0.3 is 15.5 Å². The molecule has 1 aliphatic heterocycles. The Morgan fingerprint density at radius 2 is 1.74 bits per heavy atom. The van der Waals surface area contributed by atoms with Crippen LogP contribution in [0.2, 0.25) is 5.02 Å². The third-order valence-corrected chi connectivity index (χ3v) is 7.72. The molecule has 0 fully saturated rings. The van der Waals surface area contributed by atoms with Crippen LogP contribution in [-0.2, 0) is 17.6 Å². The lowest BCUT2D eigenvalue weighted by atomic mass is 9.92. The largest absolute Gasteiger partial charge is 0.383 e. The molecule has 3 amide bonds. The lowest BCUT2D eigenvalue weighted by molar-refractivity contribution is -0.121. The van der Waals surface area contributed by atoms with Crippen molar-refractivity contribution in [2.24, 2.45) is 0 Å². The van der Waals surface area contributed by atoms with Gasteiger partial charge in [0.25, 0.3) is 11.8 Å². The first-order chi connectivity index (χ1) is 18.9. The van der Waals surface area contributed by atoms with E-state index in [-0.39, 0.29) is 12.5 Å². The number of nitrogens with zero attached hydrogens (tertiary/aromatic N) is 3. The average Bonchev–Trinajstić information content (AvgIpc) is 3.17. The van der Waals surface area contributed by atoms with Gasteiger partial charge in [-0.1, -0.05) is 23.7 Å². The van der Waals surface area contributed by atoms with E-state index in [1.54, 1.807) is 24.3 Å². The number of fused-ring (bicyclic) bond motifs is 3. The fraction of sp³-hybridized carbons (Fsp3) is 0.400. The molecule has 1 aliphatic carbocycles. The molecule has 39 heavy (non-hydrogen) atoms. The molecule has 1 aromatic heterocycles. The predicted molar refractivity (Wildman–Crippen MR) is 153 cm³/mol. The molecule has 0 bridgehead atoms. The molecular formula is C30H34ClN5O3. The number of benzene rings is 2. The normalized spacial score (nSPS) is 14.6. The fourth-order valence-electron chi connectivity index (χ4n) is 5.40. The Labute approximate surface area is 233 Å². The summed E-state index contributed by atoms with van der Waals surface area (Å²) in [7, 11) is 2.10. The van der Waals surface area contributed by atoms with Crippen LogP contribution < -0.4 is 10.6 Å². The van der Waals surface area contributed by atoms with E-state index in [1.807, 2.05) is 12.1 Å². The van der Waals surface area contributed by atoms with E-state index in [0.29, 0.717) is 22.7 Å². The van der Waals surface area contributed by atoms with Gasteiger partial charge in [-0.05, 0) is 88.0 Å². The number of imide groups is 1. The van der Waals surface area contributed by atoms with Crippen molar-refractivity contribution in [2.75, 3.05) is 45.1 Å². The molecule has 0 unspecified atom stereocenters. The molecule has 2 aromatic carbocycles. The highest BCUT2D eigenvalue weighted by molar-refractivity contribution is 6.31. The van der Waals surface area contributed by atoms with E-state index >= 15 is 0 Å². The predicted octanol–water partition coefficient (Wildman–Crippen LogP) is 4.30. The van der Waals surface area contributed by atoms with Gasteiger partial charge in [0.2, 0.25) is 5.91 Å². The van der Waals surface area contributed by atoms with Crippen LogP contribution in [0.4, 0.5) is 5.69 Å². The van der Waals surface area contributed by atoms with Crippen LogP contribution in [0.25, 0.3) is 10.9 Å². The lowest BCUT2D eigenvalue weighted by Crippen LogP contribution is -2.40. The minimum absolute atomic E-state index is 0.252. The van der Waals surface area contributed by atoms with Gasteiger partial charge in [-0.15, -0.1) is 0 Å². The summed E-state index contributed by atoms with van der Waals surface area (Å²) in [6, 6.07) is 12.6. The van der Waals surface area contributed by atoms with E-state index in [9.17, 15) is 14.4 Å². The second kappa shape index (κ2) is 12.1. The van der Waals surface area contributed by atoms with E-state index in [4.69, 9.17) is 16.6 Å². The highest BCUT2D eigenvalue weighted by atomic mass is 35.5. The number of nitrogens with one attached hydrogen (secondary N) is 2. The quantitative estimate of drug-likeness (QED) is 0.274. The number of halogens is 1. The summed E-state index contributed by atoms with van der Waals surface area (Å²) in [4.78, 5) is 45.4. The maximum absolute atomic E-state index is 12.4. The third-order valence-electron chi connectivity index (χ3n) is 7.49. The van der Waals surface area contributed by atoms with Crippen LogP contribution in [0.15, 0.2) is 42.5 Å². The van der Waals surface area contributed by atoms with Gasteiger partial charge in [-0.3, -0.25) is 24.3 Å². The van der Waals surface area contributed by atoms with Crippen molar-refractivity contribution in [3.8, 4) is 0 Å². The number of anilines is 1. The van der Waals surface area contributed by atoms with E-state index < -0.39 is 11.8 Å². The highest BCUT2D eigenvalue weighted by Gasteiger charge is 2.36. The third kappa shape index (κ3) is 6.07. The molecule has 5 rings (SSSR count). The van der Waals surface area contributed by atoms with Crippen LogP contribution in [-0.4, -0.2) is 72.3 Å². The number of hydrogen-bond donors (Lipinski definition) is 2. The summed E-state index contributed by atoms with van der Waals surface area (Å²) in [6.45, 7) is 2.87. The molecule has 0 saturated heterocycles. The molecule has 9 heteroatoms. The molecule has 2 aliphatic rings. The summed E-state index contributed by atoms with van der Waals surface area (Å²) < 4.78 is 0. The molecule has 0 spiro atoms. The molecule has 204 valence electrons. The zero-order valence-corrected chi connectivity index (χ0v) is 23.0. The molecular weight excluding hydrogens is 514 g/mol. The Morgan fingerprint density at radius 3 is 2.51 bits per heavy atom. The smallest absolute Gasteiger partial charge is 0.262 e. The maximum Gasteiger partial charge on any atom is 0.262 e. The molecule has 0 atom stereocenters. The first-order valence-electron chi connectivity index (χ1n) is 13.7. The monoisotopic (exact) mass is 547 g/mol. The molecule has 8 nitrogen and oxygen atoms in total. The van der Waals surface area contributed by atoms with Crippen molar-refractivity contribution < 1.29 is 14.4 Å². The van der Waals surface area contributed by atoms with Crippen molar-refractivity contribution >= 4 is 45.9 Å². The number of carbonyl (C=O) groups is 3. The first kappa shape index (κ1) is 27.1. The van der Waals surface area contributed by atoms with Gasteiger partial charge >= 0.3 is 0 Å². The number of amides is 3. The van der Waals surface area contributed by atoms with Gasteiger partial charge in [-0.2, -0.15) is 0 Å². The molecule has 0 saturated carbocycles. The Kier molecular flexibility index (Phi) is 8.43. The number of carbonyl (C=O) groups excluding carboxylic acids is 3. The zero-order chi connectivity index (χ0) is 27.4. The number of aromatic nitrogens is 1. The molecule has 2 N–H and O–H groups in total. The Morgan fingerprint density at radius 1 is 1.00 bits per heavy atom. The minimum Gasteiger partial charge on any atom is -0.383 e. The van der Waals surface area contributed by atoms with Crippen molar-refractivity contribution in [1.82, 2.24) is 20.1 Å².